The van der Waals surface area contributed by atoms with Crippen LogP contribution in [-0.4, -0.2) is 47.8 Å². The smallest absolute Gasteiger partial charge is 0.407 e. The normalized spacial score (nSPS) is 11.2. The first kappa shape index (κ1) is 19.9. The highest BCUT2D eigenvalue weighted by molar-refractivity contribution is 9.10. The molecule has 0 aliphatic heterocycles. The molecule has 132 valence electrons. The molecule has 0 spiro atoms. The van der Waals surface area contributed by atoms with Crippen LogP contribution in [0.25, 0.3) is 0 Å². The van der Waals surface area contributed by atoms with Crippen molar-refractivity contribution in [2.75, 3.05) is 25.5 Å². The van der Waals surface area contributed by atoms with E-state index in [2.05, 4.69) is 41.3 Å². The maximum Gasteiger partial charge on any atom is 0.407 e. The number of methoxy groups -OCH3 is 1. The van der Waals surface area contributed by atoms with Gasteiger partial charge in [0.1, 0.15) is 10.2 Å². The molecule has 0 aromatic carbocycles. The third-order valence-corrected chi connectivity index (χ3v) is 2.99. The van der Waals surface area contributed by atoms with Gasteiger partial charge in [-0.05, 0) is 36.7 Å². The van der Waals surface area contributed by atoms with Gasteiger partial charge in [0.05, 0.1) is 13.3 Å². The van der Waals surface area contributed by atoms with E-state index in [0.717, 1.165) is 0 Å². The van der Waals surface area contributed by atoms with Crippen molar-refractivity contribution in [1.29, 1.82) is 0 Å². The number of hydrogen-bond acceptors (Lipinski definition) is 7. The van der Waals surface area contributed by atoms with Crippen molar-refractivity contribution in [3.63, 3.8) is 0 Å². The molecule has 0 saturated heterocycles. The zero-order valence-electron chi connectivity index (χ0n) is 14.1. The third kappa shape index (κ3) is 7.40. The Kier molecular flexibility index (Phi) is 7.63. The van der Waals surface area contributed by atoms with E-state index in [-0.39, 0.29) is 5.69 Å². The minimum Gasteiger partial charge on any atom is -0.464 e. The van der Waals surface area contributed by atoms with Gasteiger partial charge in [-0.1, -0.05) is 12.2 Å². The summed E-state index contributed by atoms with van der Waals surface area (Å²) in [7, 11) is 1.28. The van der Waals surface area contributed by atoms with Gasteiger partial charge in [-0.2, -0.15) is 0 Å². The highest BCUT2D eigenvalue weighted by Gasteiger charge is 2.15. The Balaban J connectivity index is 2.37. The number of hydrogen-bond donors (Lipinski definition) is 2. The number of aromatic nitrogens is 2. The maximum absolute atomic E-state index is 11.4. The lowest BCUT2D eigenvalue weighted by Gasteiger charge is -2.19. The second-order valence-electron chi connectivity index (χ2n) is 5.62. The number of rotatable bonds is 6. The number of nitrogens with one attached hydrogen (secondary N) is 2. The summed E-state index contributed by atoms with van der Waals surface area (Å²) in [5.74, 6) is -0.0599. The standard InChI is InChI=1S/C15H21BrN4O4/c1-15(2,3)24-14(22)18-8-6-5-7-17-12-11(16)20-10(9-19-12)13(21)23-4/h5-6,9H,7-8H2,1-4H3,(H,17,19)(H,18,22). The predicted molar refractivity (Wildman–Crippen MR) is 92.9 cm³/mol. The van der Waals surface area contributed by atoms with Gasteiger partial charge in [-0.15, -0.1) is 0 Å². The predicted octanol–water partition coefficient (Wildman–Crippen LogP) is 2.52. The summed E-state index contributed by atoms with van der Waals surface area (Å²) in [6.07, 6.45) is 4.46. The monoisotopic (exact) mass is 400 g/mol. The lowest BCUT2D eigenvalue weighted by Crippen LogP contribution is -2.32. The Morgan fingerprint density at radius 3 is 2.54 bits per heavy atom. The molecule has 0 unspecified atom stereocenters. The SMILES string of the molecule is COC(=O)c1cnc(NCC=CCNC(=O)OC(C)(C)C)c(Br)n1. The molecular formula is C15H21BrN4O4. The van der Waals surface area contributed by atoms with E-state index >= 15 is 0 Å². The van der Waals surface area contributed by atoms with Gasteiger partial charge in [-0.3, -0.25) is 0 Å². The summed E-state index contributed by atoms with van der Waals surface area (Å²) in [4.78, 5) is 30.9. The van der Waals surface area contributed by atoms with Crippen LogP contribution in [0.4, 0.5) is 10.6 Å². The van der Waals surface area contributed by atoms with Crippen LogP contribution in [0.3, 0.4) is 0 Å². The minimum absolute atomic E-state index is 0.118. The van der Waals surface area contributed by atoms with Crippen LogP contribution >= 0.6 is 15.9 Å². The summed E-state index contributed by atoms with van der Waals surface area (Å²) in [5, 5.41) is 5.63. The van der Waals surface area contributed by atoms with Gasteiger partial charge >= 0.3 is 12.1 Å². The number of halogens is 1. The van der Waals surface area contributed by atoms with Crippen molar-refractivity contribution in [1.82, 2.24) is 15.3 Å². The van der Waals surface area contributed by atoms with Crippen LogP contribution in [0, 0.1) is 0 Å². The maximum atomic E-state index is 11.4. The Morgan fingerprint density at radius 1 is 1.29 bits per heavy atom. The van der Waals surface area contributed by atoms with Crippen molar-refractivity contribution >= 4 is 33.8 Å². The average molecular weight is 401 g/mol. The fourth-order valence-corrected chi connectivity index (χ4v) is 1.90. The van der Waals surface area contributed by atoms with Crippen LogP contribution in [0.15, 0.2) is 23.0 Å². The quantitative estimate of drug-likeness (QED) is 0.558. The van der Waals surface area contributed by atoms with E-state index in [1.807, 2.05) is 6.08 Å². The van der Waals surface area contributed by atoms with Crippen LogP contribution in [0.2, 0.25) is 0 Å². The van der Waals surface area contributed by atoms with E-state index in [0.29, 0.717) is 23.5 Å². The average Bonchev–Trinajstić information content (AvgIpc) is 2.49. The largest absolute Gasteiger partial charge is 0.464 e. The molecule has 0 bridgehead atoms. The number of amides is 1. The van der Waals surface area contributed by atoms with E-state index in [1.165, 1.54) is 13.3 Å². The highest BCUT2D eigenvalue weighted by Crippen LogP contribution is 2.17. The summed E-state index contributed by atoms with van der Waals surface area (Å²) in [6, 6.07) is 0. The number of alkyl carbamates (subject to hydrolysis) is 1. The molecule has 0 aliphatic rings. The van der Waals surface area contributed by atoms with E-state index in [4.69, 9.17) is 4.74 Å². The molecule has 9 heteroatoms. The molecule has 2 N–H and O–H groups in total. The van der Waals surface area contributed by atoms with Crippen molar-refractivity contribution in [2.24, 2.45) is 0 Å². The Bertz CT molecular complexity index is 614. The fourth-order valence-electron chi connectivity index (χ4n) is 1.47. The first-order valence-corrected chi connectivity index (χ1v) is 7.99. The zero-order chi connectivity index (χ0) is 18.2. The Morgan fingerprint density at radius 2 is 1.96 bits per heavy atom. The molecule has 1 rings (SSSR count). The number of ether oxygens (including phenoxy) is 2. The first-order valence-electron chi connectivity index (χ1n) is 7.19. The van der Waals surface area contributed by atoms with Gasteiger partial charge in [-0.25, -0.2) is 19.6 Å². The molecule has 1 aromatic heterocycles. The Labute approximate surface area is 149 Å². The lowest BCUT2D eigenvalue weighted by atomic mass is 10.2. The van der Waals surface area contributed by atoms with Crippen LogP contribution in [-0.2, 0) is 9.47 Å². The molecule has 0 radical (unpaired) electrons. The topological polar surface area (TPSA) is 102 Å². The number of esters is 1. The molecule has 0 fully saturated rings. The number of carbonyl (C=O) groups is 2. The molecule has 1 heterocycles. The van der Waals surface area contributed by atoms with Gasteiger partial charge in [0.25, 0.3) is 0 Å². The number of nitrogens with zero attached hydrogens (tertiary/aromatic N) is 2. The summed E-state index contributed by atoms with van der Waals surface area (Å²) in [5.41, 5.74) is -0.400. The Hall–Kier alpha value is -2.16. The molecule has 0 saturated carbocycles. The molecule has 0 aliphatic carbocycles. The molecule has 24 heavy (non-hydrogen) atoms. The molecular weight excluding hydrogens is 380 g/mol. The van der Waals surface area contributed by atoms with Crippen molar-refractivity contribution in [3.05, 3.63) is 28.6 Å². The van der Waals surface area contributed by atoms with Crippen molar-refractivity contribution in [3.8, 4) is 0 Å². The summed E-state index contributed by atoms with van der Waals surface area (Å²) >= 11 is 3.23. The molecule has 0 atom stereocenters. The highest BCUT2D eigenvalue weighted by atomic mass is 79.9. The summed E-state index contributed by atoms with van der Waals surface area (Å²) < 4.78 is 10.1. The lowest BCUT2D eigenvalue weighted by molar-refractivity contribution is 0.0532. The molecule has 1 aromatic rings. The fraction of sp³-hybridized carbons (Fsp3) is 0.467. The molecule has 8 nitrogen and oxygen atoms in total. The second-order valence-corrected chi connectivity index (χ2v) is 6.37. The molecule has 1 amide bonds. The van der Waals surface area contributed by atoms with Crippen LogP contribution in [0.5, 0.6) is 0 Å². The van der Waals surface area contributed by atoms with Crippen LogP contribution in [0.1, 0.15) is 31.3 Å². The number of anilines is 1. The first-order chi connectivity index (χ1) is 11.2. The minimum atomic E-state index is -0.553. The van der Waals surface area contributed by atoms with Gasteiger partial charge in [0, 0.05) is 13.1 Å². The van der Waals surface area contributed by atoms with Gasteiger partial charge in [0.15, 0.2) is 11.5 Å². The van der Waals surface area contributed by atoms with E-state index in [9.17, 15) is 9.59 Å². The van der Waals surface area contributed by atoms with E-state index in [1.54, 1.807) is 26.8 Å². The van der Waals surface area contributed by atoms with Crippen molar-refractivity contribution < 1.29 is 19.1 Å². The third-order valence-electron chi connectivity index (χ3n) is 2.44. The number of carbonyl (C=O) groups excluding carboxylic acids is 2. The van der Waals surface area contributed by atoms with Crippen molar-refractivity contribution in [2.45, 2.75) is 26.4 Å². The van der Waals surface area contributed by atoms with Crippen LogP contribution < -0.4 is 10.6 Å². The summed E-state index contributed by atoms with van der Waals surface area (Å²) in [6.45, 7) is 6.23. The van der Waals surface area contributed by atoms with Gasteiger partial charge in [0.2, 0.25) is 0 Å². The second kappa shape index (κ2) is 9.21. The zero-order valence-corrected chi connectivity index (χ0v) is 15.6. The van der Waals surface area contributed by atoms with E-state index < -0.39 is 17.7 Å². The van der Waals surface area contributed by atoms with Gasteiger partial charge < -0.3 is 20.1 Å².